The third kappa shape index (κ3) is 2.90. The molecule has 4 bridgehead atoms. The zero-order chi connectivity index (χ0) is 17.7. The van der Waals surface area contributed by atoms with Crippen LogP contribution in [0.3, 0.4) is 0 Å². The van der Waals surface area contributed by atoms with Crippen molar-refractivity contribution in [2.45, 2.75) is 44.1 Å². The van der Waals surface area contributed by atoms with Gasteiger partial charge in [0.05, 0.1) is 5.54 Å². The Bertz CT molecular complexity index is 793. The summed E-state index contributed by atoms with van der Waals surface area (Å²) < 4.78 is 15.2. The first-order chi connectivity index (χ1) is 12.6. The van der Waals surface area contributed by atoms with Gasteiger partial charge in [-0.1, -0.05) is 0 Å². The maximum Gasteiger partial charge on any atom is 0.176 e. The summed E-state index contributed by atoms with van der Waals surface area (Å²) in [5, 5.41) is 11.5. The van der Waals surface area contributed by atoms with Crippen LogP contribution in [0.1, 0.15) is 38.5 Å². The summed E-state index contributed by atoms with van der Waals surface area (Å²) in [6.07, 6.45) is 10.2. The van der Waals surface area contributed by atoms with Crippen LogP contribution in [-0.2, 0) is 5.54 Å². The average molecular weight is 370 g/mol. The summed E-state index contributed by atoms with van der Waals surface area (Å²) in [4.78, 5) is 0. The maximum atomic E-state index is 13.0. The van der Waals surface area contributed by atoms with E-state index in [-0.39, 0.29) is 11.4 Å². The summed E-state index contributed by atoms with van der Waals surface area (Å²) in [5.74, 6) is 3.18. The van der Waals surface area contributed by atoms with Crippen molar-refractivity contribution in [3.8, 4) is 0 Å². The smallest absolute Gasteiger partial charge is 0.176 e. The standard InChI is InChI=1S/C20H23FN4S/c21-16-1-3-17(4-2-16)22-19(26)23-18-5-6-25(24-18)20-10-13-7-14(11-20)9-15(8-13)12-20/h1-6,13-15H,7-12H2,(H2,22,23,24,26). The molecule has 1 aromatic heterocycles. The van der Waals surface area contributed by atoms with Crippen LogP contribution in [0.5, 0.6) is 0 Å². The minimum absolute atomic E-state index is 0.223. The molecule has 6 rings (SSSR count). The lowest BCUT2D eigenvalue weighted by molar-refractivity contribution is -0.0492. The van der Waals surface area contributed by atoms with Gasteiger partial charge >= 0.3 is 0 Å². The highest BCUT2D eigenvalue weighted by Gasteiger charge is 2.52. The van der Waals surface area contributed by atoms with Crippen molar-refractivity contribution in [3.63, 3.8) is 0 Å². The van der Waals surface area contributed by atoms with E-state index in [1.165, 1.54) is 50.7 Å². The first-order valence-electron chi connectivity index (χ1n) is 9.48. The number of nitrogens with zero attached hydrogens (tertiary/aromatic N) is 2. The second-order valence-corrected chi connectivity index (χ2v) is 8.78. The molecule has 0 amide bonds. The Morgan fingerprint density at radius 2 is 1.62 bits per heavy atom. The topological polar surface area (TPSA) is 41.9 Å². The number of hydrogen-bond donors (Lipinski definition) is 2. The van der Waals surface area contributed by atoms with Gasteiger partial charge < -0.3 is 10.6 Å². The minimum Gasteiger partial charge on any atom is -0.332 e. The largest absolute Gasteiger partial charge is 0.332 e. The molecule has 2 aromatic rings. The number of hydrogen-bond acceptors (Lipinski definition) is 2. The highest BCUT2D eigenvalue weighted by Crippen LogP contribution is 2.58. The van der Waals surface area contributed by atoms with Gasteiger partial charge in [0.2, 0.25) is 0 Å². The van der Waals surface area contributed by atoms with Crippen LogP contribution in [0.2, 0.25) is 0 Å². The van der Waals surface area contributed by atoms with E-state index < -0.39 is 0 Å². The Hall–Kier alpha value is -1.95. The highest BCUT2D eigenvalue weighted by molar-refractivity contribution is 7.80. The number of halogens is 1. The van der Waals surface area contributed by atoms with E-state index in [2.05, 4.69) is 21.5 Å². The molecule has 1 aromatic carbocycles. The zero-order valence-corrected chi connectivity index (χ0v) is 15.4. The first kappa shape index (κ1) is 16.2. The second kappa shape index (κ2) is 6.05. The van der Waals surface area contributed by atoms with Crippen molar-refractivity contribution in [3.05, 3.63) is 42.3 Å². The van der Waals surface area contributed by atoms with Gasteiger partial charge in [-0.2, -0.15) is 5.10 Å². The summed E-state index contributed by atoms with van der Waals surface area (Å²) in [7, 11) is 0. The van der Waals surface area contributed by atoms with Gasteiger partial charge in [-0.15, -0.1) is 0 Å². The molecule has 136 valence electrons. The minimum atomic E-state index is -0.260. The molecule has 0 atom stereocenters. The van der Waals surface area contributed by atoms with Crippen LogP contribution in [-0.4, -0.2) is 14.9 Å². The molecule has 4 nitrogen and oxygen atoms in total. The molecule has 0 unspecified atom stereocenters. The lowest BCUT2D eigenvalue weighted by Crippen LogP contribution is -2.52. The normalized spacial score (nSPS) is 31.8. The molecule has 4 saturated carbocycles. The van der Waals surface area contributed by atoms with Gasteiger partial charge in [-0.25, -0.2) is 4.39 Å². The molecule has 2 N–H and O–H groups in total. The van der Waals surface area contributed by atoms with Gasteiger partial charge in [-0.3, -0.25) is 4.68 Å². The fraction of sp³-hybridized carbons (Fsp3) is 0.500. The number of thiocarbonyl (C=S) groups is 1. The summed E-state index contributed by atoms with van der Waals surface area (Å²) in [5.41, 5.74) is 0.977. The van der Waals surface area contributed by atoms with Crippen LogP contribution >= 0.6 is 12.2 Å². The molecule has 4 fully saturated rings. The Morgan fingerprint density at radius 1 is 1.00 bits per heavy atom. The highest BCUT2D eigenvalue weighted by atomic mass is 32.1. The van der Waals surface area contributed by atoms with E-state index >= 15 is 0 Å². The number of rotatable bonds is 3. The lowest BCUT2D eigenvalue weighted by Gasteiger charge is -2.56. The molecule has 4 aliphatic carbocycles. The monoisotopic (exact) mass is 370 g/mol. The van der Waals surface area contributed by atoms with Crippen LogP contribution in [0.25, 0.3) is 0 Å². The summed E-state index contributed by atoms with van der Waals surface area (Å²) >= 11 is 5.36. The molecule has 0 spiro atoms. The number of nitrogens with one attached hydrogen (secondary N) is 2. The van der Waals surface area contributed by atoms with E-state index in [1.807, 2.05) is 6.07 Å². The Kier molecular flexibility index (Phi) is 3.78. The van der Waals surface area contributed by atoms with Gasteiger partial charge in [0.25, 0.3) is 0 Å². The fourth-order valence-electron chi connectivity index (χ4n) is 5.81. The van der Waals surface area contributed by atoms with Gasteiger partial charge in [0.15, 0.2) is 10.9 Å². The predicted octanol–water partition coefficient (Wildman–Crippen LogP) is 4.76. The molecule has 26 heavy (non-hydrogen) atoms. The number of benzene rings is 1. The second-order valence-electron chi connectivity index (χ2n) is 8.37. The number of aromatic nitrogens is 2. The molecule has 0 aliphatic heterocycles. The van der Waals surface area contributed by atoms with Gasteiger partial charge in [0.1, 0.15) is 5.82 Å². The Morgan fingerprint density at radius 3 is 2.23 bits per heavy atom. The quantitative estimate of drug-likeness (QED) is 0.765. The Balaban J connectivity index is 1.28. The Labute approximate surface area is 158 Å². The van der Waals surface area contributed by atoms with Crippen molar-refractivity contribution in [1.82, 2.24) is 9.78 Å². The molecular weight excluding hydrogens is 347 g/mol. The molecule has 0 saturated heterocycles. The lowest BCUT2D eigenvalue weighted by atomic mass is 9.53. The SMILES string of the molecule is Fc1ccc(NC(=S)Nc2ccn(C34CC5CC(CC(C5)C3)C4)n2)cc1. The van der Waals surface area contributed by atoms with E-state index in [0.717, 1.165) is 29.3 Å². The summed E-state index contributed by atoms with van der Waals surface area (Å²) in [6, 6.07) is 8.14. The van der Waals surface area contributed by atoms with Crippen LogP contribution in [0.15, 0.2) is 36.5 Å². The molecule has 0 radical (unpaired) electrons. The van der Waals surface area contributed by atoms with Crippen molar-refractivity contribution < 1.29 is 4.39 Å². The van der Waals surface area contributed by atoms with Gasteiger partial charge in [-0.05, 0) is 92.8 Å². The van der Waals surface area contributed by atoms with E-state index in [0.29, 0.717) is 5.11 Å². The first-order valence-corrected chi connectivity index (χ1v) is 9.89. The van der Waals surface area contributed by atoms with Gasteiger partial charge in [0, 0.05) is 18.0 Å². The number of anilines is 2. The van der Waals surface area contributed by atoms with E-state index in [1.54, 1.807) is 12.1 Å². The fourth-order valence-corrected chi connectivity index (χ4v) is 6.03. The van der Waals surface area contributed by atoms with E-state index in [9.17, 15) is 4.39 Å². The van der Waals surface area contributed by atoms with Crippen LogP contribution in [0.4, 0.5) is 15.9 Å². The van der Waals surface area contributed by atoms with Crippen molar-refractivity contribution in [1.29, 1.82) is 0 Å². The average Bonchev–Trinajstić information content (AvgIpc) is 3.05. The molecule has 4 aliphatic rings. The summed E-state index contributed by atoms with van der Waals surface area (Å²) in [6.45, 7) is 0. The van der Waals surface area contributed by atoms with Crippen LogP contribution in [0, 0.1) is 23.6 Å². The van der Waals surface area contributed by atoms with Crippen molar-refractivity contribution in [2.24, 2.45) is 17.8 Å². The van der Waals surface area contributed by atoms with Crippen LogP contribution < -0.4 is 10.6 Å². The van der Waals surface area contributed by atoms with Crippen molar-refractivity contribution >= 4 is 28.8 Å². The third-order valence-electron chi connectivity index (χ3n) is 6.42. The predicted molar refractivity (Wildman–Crippen MR) is 105 cm³/mol. The maximum absolute atomic E-state index is 13.0. The molecular formula is C20H23FN4S. The molecule has 6 heteroatoms. The zero-order valence-electron chi connectivity index (χ0n) is 14.6. The van der Waals surface area contributed by atoms with E-state index in [4.69, 9.17) is 17.3 Å². The van der Waals surface area contributed by atoms with Crippen molar-refractivity contribution in [2.75, 3.05) is 10.6 Å². The molecule has 1 heterocycles. The third-order valence-corrected chi connectivity index (χ3v) is 6.63.